The first-order valence-corrected chi connectivity index (χ1v) is 3.00. The summed E-state index contributed by atoms with van der Waals surface area (Å²) in [5.74, 6) is -1.16. The number of halogens is 2. The van der Waals surface area contributed by atoms with E-state index in [1.807, 2.05) is 0 Å². The summed E-state index contributed by atoms with van der Waals surface area (Å²) in [5.41, 5.74) is 3.56. The summed E-state index contributed by atoms with van der Waals surface area (Å²) < 4.78 is 12.7. The first kappa shape index (κ1) is 13.3. The molecule has 0 bridgehead atoms. The van der Waals surface area contributed by atoms with Crippen molar-refractivity contribution in [1.29, 1.82) is 0 Å². The smallest absolute Gasteiger partial charge is 0.320 e. The zero-order valence-corrected chi connectivity index (χ0v) is 7.32. The number of carboxylic acids is 1. The average Bonchev–Trinajstić information content (AvgIpc) is 1.60. The van der Waals surface area contributed by atoms with Crippen molar-refractivity contribution in [3.8, 4) is 0 Å². The number of alkyl halides is 1. The molecule has 0 aromatic rings. The van der Waals surface area contributed by atoms with E-state index in [4.69, 9.17) is 10.8 Å². The van der Waals surface area contributed by atoms with Crippen molar-refractivity contribution < 1.29 is 14.3 Å². The fraction of sp³-hybridized carbons (Fsp3) is 0.833. The van der Waals surface area contributed by atoms with Crippen LogP contribution in [0.25, 0.3) is 0 Å². The topological polar surface area (TPSA) is 63.3 Å². The van der Waals surface area contributed by atoms with Gasteiger partial charge < -0.3 is 10.8 Å². The summed E-state index contributed by atoms with van der Waals surface area (Å²) in [6, 6.07) is -1.10. The quantitative estimate of drug-likeness (QED) is 0.689. The largest absolute Gasteiger partial charge is 0.480 e. The Bertz CT molecular complexity index is 135. The maximum atomic E-state index is 12.7. The third-order valence-corrected chi connectivity index (χ3v) is 1.02. The highest BCUT2D eigenvalue weighted by atomic mass is 35.5. The molecule has 0 rings (SSSR count). The highest BCUT2D eigenvalue weighted by molar-refractivity contribution is 5.85. The van der Waals surface area contributed by atoms with Crippen molar-refractivity contribution in [3.63, 3.8) is 0 Å². The first-order valence-electron chi connectivity index (χ1n) is 3.00. The lowest BCUT2D eigenvalue weighted by Crippen LogP contribution is -2.35. The Morgan fingerprint density at radius 2 is 2.09 bits per heavy atom. The molecule has 0 aliphatic rings. The average molecular weight is 186 g/mol. The van der Waals surface area contributed by atoms with E-state index in [2.05, 4.69) is 0 Å². The molecule has 1 unspecified atom stereocenters. The Morgan fingerprint density at radius 3 is 2.18 bits per heavy atom. The van der Waals surface area contributed by atoms with E-state index < -0.39 is 17.7 Å². The van der Waals surface area contributed by atoms with Gasteiger partial charge in [-0.05, 0) is 13.8 Å². The van der Waals surface area contributed by atoms with Gasteiger partial charge in [-0.15, -0.1) is 12.4 Å². The van der Waals surface area contributed by atoms with E-state index in [9.17, 15) is 9.18 Å². The van der Waals surface area contributed by atoms with Crippen LogP contribution in [0.4, 0.5) is 4.39 Å². The second-order valence-electron chi connectivity index (χ2n) is 2.87. The fourth-order valence-corrected chi connectivity index (χ4v) is 0.610. The lowest BCUT2D eigenvalue weighted by molar-refractivity contribution is -0.139. The molecule has 0 amide bonds. The van der Waals surface area contributed by atoms with E-state index in [1.54, 1.807) is 0 Å². The van der Waals surface area contributed by atoms with E-state index in [0.29, 0.717) is 0 Å². The highest BCUT2D eigenvalue weighted by Gasteiger charge is 2.23. The molecule has 11 heavy (non-hydrogen) atoms. The molecule has 0 aromatic carbocycles. The minimum atomic E-state index is -1.50. The van der Waals surface area contributed by atoms with Crippen LogP contribution in [-0.2, 0) is 4.79 Å². The van der Waals surface area contributed by atoms with E-state index in [-0.39, 0.29) is 18.8 Å². The van der Waals surface area contributed by atoms with Crippen LogP contribution in [0.2, 0.25) is 0 Å². The van der Waals surface area contributed by atoms with Gasteiger partial charge in [-0.1, -0.05) is 0 Å². The van der Waals surface area contributed by atoms with E-state index >= 15 is 0 Å². The number of hydrogen-bond donors (Lipinski definition) is 2. The third-order valence-electron chi connectivity index (χ3n) is 1.02. The van der Waals surface area contributed by atoms with Gasteiger partial charge in [-0.25, -0.2) is 4.39 Å². The van der Waals surface area contributed by atoms with Gasteiger partial charge in [0.05, 0.1) is 0 Å². The molecule has 0 saturated carbocycles. The van der Waals surface area contributed by atoms with Crippen molar-refractivity contribution in [2.24, 2.45) is 5.73 Å². The number of carboxylic acid groups (broad SMARTS) is 1. The molecule has 0 fully saturated rings. The normalized spacial score (nSPS) is 13.5. The van der Waals surface area contributed by atoms with Crippen LogP contribution in [0.5, 0.6) is 0 Å². The highest BCUT2D eigenvalue weighted by Crippen LogP contribution is 2.14. The molecule has 0 aliphatic carbocycles. The molecule has 0 aliphatic heterocycles. The van der Waals surface area contributed by atoms with Crippen molar-refractivity contribution >= 4 is 18.4 Å². The summed E-state index contributed by atoms with van der Waals surface area (Å²) in [6.07, 6.45) is -0.150. The Kier molecular flexibility index (Phi) is 5.44. The Morgan fingerprint density at radius 1 is 1.73 bits per heavy atom. The molecule has 68 valence electrons. The van der Waals surface area contributed by atoms with Gasteiger partial charge in [-0.2, -0.15) is 0 Å². The molecular weight excluding hydrogens is 173 g/mol. The SMILES string of the molecule is CC(C)(F)CC(N)C(=O)O.Cl. The zero-order valence-electron chi connectivity index (χ0n) is 6.50. The molecule has 0 heterocycles. The lowest BCUT2D eigenvalue weighted by Gasteiger charge is -2.15. The standard InChI is InChI=1S/C6H12FNO2.ClH/c1-6(2,7)3-4(8)5(9)10;/h4H,3,8H2,1-2H3,(H,9,10);1H. The summed E-state index contributed by atoms with van der Waals surface area (Å²) >= 11 is 0. The molecular formula is C6H13ClFNO2. The molecule has 0 saturated heterocycles. The molecule has 0 spiro atoms. The third kappa shape index (κ3) is 7.55. The summed E-state index contributed by atoms with van der Waals surface area (Å²) in [5, 5.41) is 8.25. The summed E-state index contributed by atoms with van der Waals surface area (Å²) in [4.78, 5) is 10.1. The number of nitrogens with two attached hydrogens (primary N) is 1. The van der Waals surface area contributed by atoms with Crippen molar-refractivity contribution in [3.05, 3.63) is 0 Å². The predicted octanol–water partition coefficient (Wildman–Crippen LogP) is 0.958. The molecule has 0 aromatic heterocycles. The first-order chi connectivity index (χ1) is 4.33. The van der Waals surface area contributed by atoms with Crippen LogP contribution in [0, 0.1) is 0 Å². The van der Waals surface area contributed by atoms with Crippen LogP contribution in [0.3, 0.4) is 0 Å². The van der Waals surface area contributed by atoms with Gasteiger partial charge in [0, 0.05) is 6.42 Å². The molecule has 3 nitrogen and oxygen atoms in total. The molecule has 5 heteroatoms. The van der Waals surface area contributed by atoms with Gasteiger partial charge in [0.15, 0.2) is 0 Å². The van der Waals surface area contributed by atoms with Crippen molar-refractivity contribution in [2.45, 2.75) is 32.0 Å². The van der Waals surface area contributed by atoms with E-state index in [1.165, 1.54) is 13.8 Å². The fourth-order valence-electron chi connectivity index (χ4n) is 0.610. The number of aliphatic carboxylic acids is 1. The van der Waals surface area contributed by atoms with E-state index in [0.717, 1.165) is 0 Å². The van der Waals surface area contributed by atoms with Gasteiger partial charge >= 0.3 is 5.97 Å². The number of hydrogen-bond acceptors (Lipinski definition) is 2. The van der Waals surface area contributed by atoms with Crippen LogP contribution in [0.15, 0.2) is 0 Å². The van der Waals surface area contributed by atoms with Crippen molar-refractivity contribution in [2.75, 3.05) is 0 Å². The summed E-state index contributed by atoms with van der Waals surface area (Å²) in [7, 11) is 0. The molecule has 0 radical (unpaired) electrons. The van der Waals surface area contributed by atoms with Gasteiger partial charge in [0.2, 0.25) is 0 Å². The number of carbonyl (C=O) groups is 1. The second-order valence-corrected chi connectivity index (χ2v) is 2.87. The van der Waals surface area contributed by atoms with Gasteiger partial charge in [0.25, 0.3) is 0 Å². The van der Waals surface area contributed by atoms with Crippen LogP contribution in [0.1, 0.15) is 20.3 Å². The maximum absolute atomic E-state index is 12.7. The Balaban J connectivity index is 0. The monoisotopic (exact) mass is 185 g/mol. The lowest BCUT2D eigenvalue weighted by atomic mass is 10.0. The Labute approximate surface area is 71.2 Å². The van der Waals surface area contributed by atoms with Crippen LogP contribution < -0.4 is 5.73 Å². The summed E-state index contributed by atoms with van der Waals surface area (Å²) in [6.45, 7) is 2.60. The molecule has 3 N–H and O–H groups in total. The van der Waals surface area contributed by atoms with Crippen LogP contribution >= 0.6 is 12.4 Å². The zero-order chi connectivity index (χ0) is 8.36. The van der Waals surface area contributed by atoms with Crippen LogP contribution in [-0.4, -0.2) is 22.8 Å². The maximum Gasteiger partial charge on any atom is 0.320 e. The van der Waals surface area contributed by atoms with Gasteiger partial charge in [-0.3, -0.25) is 4.79 Å². The molecule has 1 atom stereocenters. The predicted molar refractivity (Wildman–Crippen MR) is 42.7 cm³/mol. The van der Waals surface area contributed by atoms with Crippen molar-refractivity contribution in [1.82, 2.24) is 0 Å². The van der Waals surface area contributed by atoms with Gasteiger partial charge in [0.1, 0.15) is 11.7 Å². The minimum absolute atomic E-state index is 0. The minimum Gasteiger partial charge on any atom is -0.480 e. The number of rotatable bonds is 3. The second kappa shape index (κ2) is 4.51. The Hall–Kier alpha value is -0.350.